The van der Waals surface area contributed by atoms with Crippen molar-refractivity contribution in [2.24, 2.45) is 0 Å². The van der Waals surface area contributed by atoms with E-state index >= 15 is 0 Å². The summed E-state index contributed by atoms with van der Waals surface area (Å²) in [4.78, 5) is 16.6. The van der Waals surface area contributed by atoms with Crippen molar-refractivity contribution in [1.82, 2.24) is 24.2 Å². The van der Waals surface area contributed by atoms with Crippen LogP contribution in [0.3, 0.4) is 0 Å². The maximum Gasteiger partial charge on any atom is 0.242 e. The first-order valence-electron chi connectivity index (χ1n) is 10.3. The van der Waals surface area contributed by atoms with E-state index in [2.05, 4.69) is 10.3 Å². The van der Waals surface area contributed by atoms with Crippen LogP contribution in [0.5, 0.6) is 0 Å². The number of carbonyl (C=O) groups is 1. The molecule has 11 heteroatoms. The van der Waals surface area contributed by atoms with Crippen molar-refractivity contribution in [1.29, 1.82) is 0 Å². The summed E-state index contributed by atoms with van der Waals surface area (Å²) in [6.07, 6.45) is 0.246. The Hall–Kier alpha value is -3.05. The zero-order valence-corrected chi connectivity index (χ0v) is 18.8. The van der Waals surface area contributed by atoms with Gasteiger partial charge < -0.3 is 9.80 Å². The van der Waals surface area contributed by atoms with Gasteiger partial charge in [0.05, 0.1) is 22.6 Å². The van der Waals surface area contributed by atoms with Crippen molar-refractivity contribution in [2.45, 2.75) is 17.9 Å². The van der Waals surface area contributed by atoms with Gasteiger partial charge >= 0.3 is 0 Å². The van der Waals surface area contributed by atoms with Gasteiger partial charge in [-0.3, -0.25) is 4.79 Å². The number of nitrogens with zero attached hydrogens (tertiary/aromatic N) is 6. The Balaban J connectivity index is 1.37. The van der Waals surface area contributed by atoms with Gasteiger partial charge in [-0.15, -0.1) is 5.10 Å². The third-order valence-electron chi connectivity index (χ3n) is 5.63. The van der Waals surface area contributed by atoms with E-state index in [4.69, 9.17) is 0 Å². The van der Waals surface area contributed by atoms with Crippen molar-refractivity contribution in [3.63, 3.8) is 0 Å². The number of halogens is 1. The molecule has 1 aliphatic heterocycles. The Bertz CT molecular complexity index is 1240. The van der Waals surface area contributed by atoms with Crippen LogP contribution in [0, 0.1) is 5.82 Å². The van der Waals surface area contributed by atoms with Crippen molar-refractivity contribution < 1.29 is 17.6 Å². The maximum absolute atomic E-state index is 14.0. The van der Waals surface area contributed by atoms with E-state index in [0.29, 0.717) is 49.4 Å². The summed E-state index contributed by atoms with van der Waals surface area (Å²) in [6.45, 7) is 2.53. The number of fused-ring (bicyclic) bond motifs is 1. The number of piperazine rings is 1. The smallest absolute Gasteiger partial charge is 0.242 e. The number of carbonyl (C=O) groups excluding carboxylic acids is 1. The summed E-state index contributed by atoms with van der Waals surface area (Å²) in [7, 11) is -0.618. The molecule has 1 saturated heterocycles. The Morgan fingerprint density at radius 2 is 1.81 bits per heavy atom. The van der Waals surface area contributed by atoms with Crippen LogP contribution in [0.2, 0.25) is 0 Å². The summed E-state index contributed by atoms with van der Waals surface area (Å²) in [6, 6.07) is 11.3. The molecule has 0 N–H and O–H groups in total. The molecule has 32 heavy (non-hydrogen) atoms. The Morgan fingerprint density at radius 3 is 2.50 bits per heavy atom. The van der Waals surface area contributed by atoms with Crippen molar-refractivity contribution in [3.8, 4) is 0 Å². The van der Waals surface area contributed by atoms with Gasteiger partial charge in [0, 0.05) is 46.7 Å². The highest BCUT2D eigenvalue weighted by atomic mass is 32.2. The Morgan fingerprint density at radius 1 is 1.09 bits per heavy atom. The fourth-order valence-electron chi connectivity index (χ4n) is 3.75. The second-order valence-electron chi connectivity index (χ2n) is 7.82. The quantitative estimate of drug-likeness (QED) is 0.555. The molecule has 1 aromatic heterocycles. The molecule has 2 aromatic carbocycles. The van der Waals surface area contributed by atoms with Gasteiger partial charge in [-0.2, -0.15) is 0 Å². The molecule has 170 valence electrons. The lowest BCUT2D eigenvalue weighted by molar-refractivity contribution is -0.131. The number of aryl methyl sites for hydroxylation is 1. The van der Waals surface area contributed by atoms with E-state index in [1.807, 2.05) is 4.90 Å². The molecule has 0 unspecified atom stereocenters. The molecular formula is C21H25FN6O3S. The largest absolute Gasteiger partial charge is 0.366 e. The minimum atomic E-state index is -3.56. The van der Waals surface area contributed by atoms with E-state index in [0.717, 1.165) is 4.31 Å². The van der Waals surface area contributed by atoms with Crippen molar-refractivity contribution >= 4 is 32.7 Å². The normalized spacial score (nSPS) is 15.0. The van der Waals surface area contributed by atoms with E-state index in [1.54, 1.807) is 33.8 Å². The van der Waals surface area contributed by atoms with Gasteiger partial charge in [0.25, 0.3) is 0 Å². The SMILES string of the molecule is CN(C)S(=O)(=O)c1ccc2c(c1)nnn2CCC(=O)N1CCN(c2ccccc2F)CC1. The third-order valence-corrected chi connectivity index (χ3v) is 7.44. The summed E-state index contributed by atoms with van der Waals surface area (Å²) in [5.41, 5.74) is 1.68. The Labute approximate surface area is 186 Å². The maximum atomic E-state index is 14.0. The molecule has 9 nitrogen and oxygen atoms in total. The number of benzene rings is 2. The van der Waals surface area contributed by atoms with Crippen LogP contribution < -0.4 is 4.90 Å². The molecule has 3 aromatic rings. The molecule has 1 amide bonds. The number of rotatable bonds is 6. The topological polar surface area (TPSA) is 91.6 Å². The predicted molar refractivity (Wildman–Crippen MR) is 118 cm³/mol. The zero-order valence-electron chi connectivity index (χ0n) is 18.0. The number of anilines is 1. The molecule has 0 atom stereocenters. The number of sulfonamides is 1. The minimum Gasteiger partial charge on any atom is -0.366 e. The van der Waals surface area contributed by atoms with E-state index in [-0.39, 0.29) is 23.0 Å². The van der Waals surface area contributed by atoms with Crippen LogP contribution in [0.15, 0.2) is 47.4 Å². The van der Waals surface area contributed by atoms with Gasteiger partial charge in [0.2, 0.25) is 15.9 Å². The fraction of sp³-hybridized carbons (Fsp3) is 0.381. The molecule has 1 fully saturated rings. The highest BCUT2D eigenvalue weighted by molar-refractivity contribution is 7.89. The standard InChI is InChI=1S/C21H25FN6O3S/c1-25(2)32(30,31)16-7-8-20-18(15-16)23-24-28(20)10-9-21(29)27-13-11-26(12-14-27)19-6-4-3-5-17(19)22/h3-8,15H,9-14H2,1-2H3. The molecular weight excluding hydrogens is 435 g/mol. The minimum absolute atomic E-state index is 0.00589. The summed E-state index contributed by atoms with van der Waals surface area (Å²) >= 11 is 0. The molecule has 2 heterocycles. The zero-order chi connectivity index (χ0) is 22.9. The summed E-state index contributed by atoms with van der Waals surface area (Å²) in [5, 5.41) is 8.14. The number of para-hydroxylation sites is 1. The van der Waals surface area contributed by atoms with Crippen molar-refractivity contribution in [3.05, 3.63) is 48.3 Å². The molecule has 0 saturated carbocycles. The van der Waals surface area contributed by atoms with E-state index in [9.17, 15) is 17.6 Å². The van der Waals surface area contributed by atoms with Gasteiger partial charge in [-0.05, 0) is 30.3 Å². The number of hydrogen-bond acceptors (Lipinski definition) is 6. The lowest BCUT2D eigenvalue weighted by atomic mass is 10.2. The lowest BCUT2D eigenvalue weighted by Gasteiger charge is -2.36. The number of amides is 1. The van der Waals surface area contributed by atoms with E-state index < -0.39 is 10.0 Å². The second kappa shape index (κ2) is 8.83. The average Bonchev–Trinajstić information content (AvgIpc) is 3.20. The van der Waals surface area contributed by atoms with Crippen LogP contribution in [-0.4, -0.2) is 78.8 Å². The molecule has 0 bridgehead atoms. The van der Waals surface area contributed by atoms with Crippen LogP contribution in [-0.2, 0) is 21.4 Å². The van der Waals surface area contributed by atoms with Crippen molar-refractivity contribution in [2.75, 3.05) is 45.2 Å². The van der Waals surface area contributed by atoms with Crippen LogP contribution in [0.25, 0.3) is 11.0 Å². The summed E-state index contributed by atoms with van der Waals surface area (Å²) in [5.74, 6) is -0.263. The number of aromatic nitrogens is 3. The summed E-state index contributed by atoms with van der Waals surface area (Å²) < 4.78 is 41.3. The van der Waals surface area contributed by atoms with Crippen LogP contribution >= 0.6 is 0 Å². The number of hydrogen-bond donors (Lipinski definition) is 0. The second-order valence-corrected chi connectivity index (χ2v) is 9.97. The average molecular weight is 461 g/mol. The molecule has 0 aliphatic carbocycles. The van der Waals surface area contributed by atoms with Gasteiger partial charge in [0.15, 0.2) is 0 Å². The first-order valence-corrected chi connectivity index (χ1v) is 11.7. The Kier molecular flexibility index (Phi) is 6.11. The van der Waals surface area contributed by atoms with Gasteiger partial charge in [-0.25, -0.2) is 21.8 Å². The molecule has 0 spiro atoms. The monoisotopic (exact) mass is 460 g/mol. The van der Waals surface area contributed by atoms with Crippen LogP contribution in [0.1, 0.15) is 6.42 Å². The van der Waals surface area contributed by atoms with Gasteiger partial charge in [-0.1, -0.05) is 17.3 Å². The fourth-order valence-corrected chi connectivity index (χ4v) is 4.68. The van der Waals surface area contributed by atoms with E-state index in [1.165, 1.54) is 32.3 Å². The van der Waals surface area contributed by atoms with Crippen LogP contribution in [0.4, 0.5) is 10.1 Å². The van der Waals surface area contributed by atoms with Gasteiger partial charge in [0.1, 0.15) is 11.3 Å². The highest BCUT2D eigenvalue weighted by Gasteiger charge is 2.23. The molecule has 4 rings (SSSR count). The predicted octanol–water partition coefficient (Wildman–Crippen LogP) is 1.56. The highest BCUT2D eigenvalue weighted by Crippen LogP contribution is 2.21. The lowest BCUT2D eigenvalue weighted by Crippen LogP contribution is -2.49. The first-order chi connectivity index (χ1) is 15.3. The molecule has 0 radical (unpaired) electrons. The molecule has 1 aliphatic rings. The third kappa shape index (κ3) is 4.30. The first kappa shape index (κ1) is 22.2.